The minimum Gasteiger partial charge on any atom is -0.338 e. The van der Waals surface area contributed by atoms with Crippen molar-refractivity contribution in [2.75, 3.05) is 19.6 Å². The van der Waals surface area contributed by atoms with Gasteiger partial charge in [-0.3, -0.25) is 4.90 Å². The molecule has 0 bridgehead atoms. The molecule has 1 saturated heterocycles. The van der Waals surface area contributed by atoms with Gasteiger partial charge in [-0.2, -0.15) is 4.98 Å². The lowest BCUT2D eigenvalue weighted by molar-refractivity contribution is 0.135. The van der Waals surface area contributed by atoms with Gasteiger partial charge in [-0.25, -0.2) is 4.39 Å². The lowest BCUT2D eigenvalue weighted by atomic mass is 9.96. The molecule has 0 radical (unpaired) electrons. The van der Waals surface area contributed by atoms with Crippen molar-refractivity contribution in [1.29, 1.82) is 0 Å². The summed E-state index contributed by atoms with van der Waals surface area (Å²) in [4.78, 5) is 6.76. The molecular weight excluding hydrogens is 331 g/mol. The molecule has 1 aliphatic heterocycles. The largest absolute Gasteiger partial charge is 0.338 e. The second kappa shape index (κ2) is 7.59. The molecule has 1 atom stereocenters. The molecule has 0 spiro atoms. The van der Waals surface area contributed by atoms with Gasteiger partial charge < -0.3 is 9.84 Å². The van der Waals surface area contributed by atoms with E-state index in [1.807, 2.05) is 6.07 Å². The summed E-state index contributed by atoms with van der Waals surface area (Å²) in [5.41, 5.74) is 0.834. The smallest absolute Gasteiger partial charge is 0.240 e. The summed E-state index contributed by atoms with van der Waals surface area (Å²) in [6.07, 6.45) is 0. The van der Waals surface area contributed by atoms with Gasteiger partial charge in [-0.1, -0.05) is 38.1 Å². The second-order valence-electron chi connectivity index (χ2n) is 7.01. The first-order valence-electron chi connectivity index (χ1n) is 7.97. The summed E-state index contributed by atoms with van der Waals surface area (Å²) in [6, 6.07) is 6.88. The molecule has 0 aliphatic carbocycles. The van der Waals surface area contributed by atoms with Gasteiger partial charge in [0.15, 0.2) is 5.82 Å². The average Bonchev–Trinajstić information content (AvgIpc) is 2.96. The molecule has 7 heteroatoms. The fourth-order valence-corrected chi connectivity index (χ4v) is 2.78. The van der Waals surface area contributed by atoms with Crippen molar-refractivity contribution in [3.05, 3.63) is 47.4 Å². The van der Waals surface area contributed by atoms with Crippen LogP contribution >= 0.6 is 12.4 Å². The van der Waals surface area contributed by atoms with Crippen molar-refractivity contribution < 1.29 is 8.91 Å². The highest BCUT2D eigenvalue weighted by atomic mass is 35.5. The minimum atomic E-state index is -0.208. The van der Waals surface area contributed by atoms with Crippen LogP contribution in [0.25, 0.3) is 0 Å². The summed E-state index contributed by atoms with van der Waals surface area (Å²) < 4.78 is 18.9. The molecule has 1 N–H and O–H groups in total. The van der Waals surface area contributed by atoms with E-state index in [9.17, 15) is 4.39 Å². The number of hydrogen-bond acceptors (Lipinski definition) is 5. The van der Waals surface area contributed by atoms with Crippen LogP contribution in [0.1, 0.15) is 44.1 Å². The number of nitrogens with one attached hydrogen (secondary N) is 1. The van der Waals surface area contributed by atoms with Gasteiger partial charge in [0.2, 0.25) is 5.89 Å². The van der Waals surface area contributed by atoms with Crippen molar-refractivity contribution in [2.45, 2.75) is 38.8 Å². The zero-order valence-corrected chi connectivity index (χ0v) is 15.1. The van der Waals surface area contributed by atoms with E-state index in [0.29, 0.717) is 18.3 Å². The van der Waals surface area contributed by atoms with Gasteiger partial charge in [0.1, 0.15) is 5.82 Å². The van der Waals surface area contributed by atoms with Crippen LogP contribution < -0.4 is 5.32 Å². The van der Waals surface area contributed by atoms with Crippen molar-refractivity contribution in [2.24, 2.45) is 0 Å². The van der Waals surface area contributed by atoms with E-state index < -0.39 is 0 Å². The third kappa shape index (κ3) is 4.32. The zero-order valence-electron chi connectivity index (χ0n) is 14.3. The number of rotatable bonds is 3. The van der Waals surface area contributed by atoms with Crippen LogP contribution in [0.15, 0.2) is 28.8 Å². The fourth-order valence-electron chi connectivity index (χ4n) is 2.78. The molecule has 3 rings (SSSR count). The Hall–Kier alpha value is -1.50. The number of piperazine rings is 1. The van der Waals surface area contributed by atoms with Crippen LogP contribution in [0.3, 0.4) is 0 Å². The molecule has 5 nitrogen and oxygen atoms in total. The molecule has 1 fully saturated rings. The molecule has 1 aromatic carbocycles. The third-order valence-corrected chi connectivity index (χ3v) is 4.06. The first-order chi connectivity index (χ1) is 10.9. The predicted molar refractivity (Wildman–Crippen MR) is 92.7 cm³/mol. The van der Waals surface area contributed by atoms with Gasteiger partial charge in [-0.15, -0.1) is 12.4 Å². The van der Waals surface area contributed by atoms with E-state index in [0.717, 1.165) is 25.2 Å². The monoisotopic (exact) mass is 354 g/mol. The van der Waals surface area contributed by atoms with Crippen molar-refractivity contribution in [3.8, 4) is 0 Å². The van der Waals surface area contributed by atoms with E-state index in [2.05, 4.69) is 41.1 Å². The highest BCUT2D eigenvalue weighted by Gasteiger charge is 2.27. The molecule has 1 aromatic heterocycles. The Morgan fingerprint density at radius 3 is 2.83 bits per heavy atom. The Balaban J connectivity index is 0.00000208. The second-order valence-corrected chi connectivity index (χ2v) is 7.01. The Bertz CT molecular complexity index is 671. The van der Waals surface area contributed by atoms with Gasteiger partial charge >= 0.3 is 0 Å². The Labute approximate surface area is 148 Å². The number of benzene rings is 1. The van der Waals surface area contributed by atoms with Crippen LogP contribution in [-0.4, -0.2) is 34.7 Å². The lowest BCUT2D eigenvalue weighted by Crippen LogP contribution is -2.45. The van der Waals surface area contributed by atoms with Crippen LogP contribution in [0.2, 0.25) is 0 Å². The van der Waals surface area contributed by atoms with E-state index in [1.54, 1.807) is 12.1 Å². The maximum absolute atomic E-state index is 13.5. The summed E-state index contributed by atoms with van der Waals surface area (Å²) in [5.74, 6) is 1.11. The first kappa shape index (κ1) is 18.8. The summed E-state index contributed by atoms with van der Waals surface area (Å²) in [5, 5.41) is 7.44. The average molecular weight is 355 g/mol. The maximum Gasteiger partial charge on any atom is 0.240 e. The summed E-state index contributed by atoms with van der Waals surface area (Å²) >= 11 is 0. The Morgan fingerprint density at radius 2 is 2.17 bits per heavy atom. The van der Waals surface area contributed by atoms with Crippen LogP contribution in [0.4, 0.5) is 4.39 Å². The molecule has 1 unspecified atom stereocenters. The van der Waals surface area contributed by atoms with E-state index in [4.69, 9.17) is 4.52 Å². The highest BCUT2D eigenvalue weighted by Crippen LogP contribution is 2.25. The van der Waals surface area contributed by atoms with Gasteiger partial charge in [0, 0.05) is 31.1 Å². The molecule has 1 aliphatic rings. The number of hydrogen-bond donors (Lipinski definition) is 1. The number of nitrogens with zero attached hydrogens (tertiary/aromatic N) is 3. The lowest BCUT2D eigenvalue weighted by Gasteiger charge is -2.35. The predicted octanol–water partition coefficient (Wildman–Crippen LogP) is 3.07. The van der Waals surface area contributed by atoms with Gasteiger partial charge in [-0.05, 0) is 17.7 Å². The van der Waals surface area contributed by atoms with E-state index in [-0.39, 0.29) is 29.7 Å². The quantitative estimate of drug-likeness (QED) is 0.918. The standard InChI is InChI=1S/C17H23FN4O.ClH/c1-17(2,3)16-20-15(23-21-16)11-22-8-7-19-10-14(22)12-5-4-6-13(18)9-12;/h4-6,9,14,19H,7-8,10-11H2,1-3H3;1H. The number of halogens is 2. The molecular formula is C17H24ClFN4O. The zero-order chi connectivity index (χ0) is 16.4. The van der Waals surface area contributed by atoms with E-state index in [1.165, 1.54) is 6.07 Å². The van der Waals surface area contributed by atoms with Gasteiger partial charge in [0.05, 0.1) is 6.54 Å². The van der Waals surface area contributed by atoms with Crippen molar-refractivity contribution >= 4 is 12.4 Å². The van der Waals surface area contributed by atoms with Crippen LogP contribution in [0.5, 0.6) is 0 Å². The molecule has 132 valence electrons. The topological polar surface area (TPSA) is 54.2 Å². The molecule has 2 heterocycles. The summed E-state index contributed by atoms with van der Waals surface area (Å²) in [7, 11) is 0. The first-order valence-corrected chi connectivity index (χ1v) is 7.97. The third-order valence-electron chi connectivity index (χ3n) is 4.06. The maximum atomic E-state index is 13.5. The van der Waals surface area contributed by atoms with E-state index >= 15 is 0 Å². The van der Waals surface area contributed by atoms with Crippen molar-refractivity contribution in [1.82, 2.24) is 20.4 Å². The highest BCUT2D eigenvalue weighted by molar-refractivity contribution is 5.85. The molecule has 2 aromatic rings. The molecule has 0 amide bonds. The van der Waals surface area contributed by atoms with Crippen molar-refractivity contribution in [3.63, 3.8) is 0 Å². The van der Waals surface area contributed by atoms with Gasteiger partial charge in [0.25, 0.3) is 0 Å². The number of aromatic nitrogens is 2. The normalized spacial score (nSPS) is 19.1. The summed E-state index contributed by atoms with van der Waals surface area (Å²) in [6.45, 7) is 9.28. The molecule has 0 saturated carbocycles. The fraction of sp³-hybridized carbons (Fsp3) is 0.529. The minimum absolute atomic E-state index is 0. The Kier molecular flexibility index (Phi) is 5.96. The molecule has 24 heavy (non-hydrogen) atoms. The SMILES string of the molecule is CC(C)(C)c1noc(CN2CCNCC2c2cccc(F)c2)n1.Cl. The van der Waals surface area contributed by atoms with Crippen LogP contribution in [0, 0.1) is 5.82 Å². The van der Waals surface area contributed by atoms with Crippen LogP contribution in [-0.2, 0) is 12.0 Å². The Morgan fingerprint density at radius 1 is 1.38 bits per heavy atom.